The van der Waals surface area contributed by atoms with Gasteiger partial charge in [-0.2, -0.15) is 0 Å². The normalized spacial score (nSPS) is 15.0. The second-order valence-corrected chi connectivity index (χ2v) is 3.55. The Morgan fingerprint density at radius 3 is 2.67 bits per heavy atom. The van der Waals surface area contributed by atoms with Crippen molar-refractivity contribution in [2.75, 3.05) is 5.32 Å². The van der Waals surface area contributed by atoms with E-state index in [1.165, 1.54) is 28.6 Å². The first-order valence-electron chi connectivity index (χ1n) is 4.28. The van der Waals surface area contributed by atoms with Crippen LogP contribution >= 0.6 is 0 Å². The van der Waals surface area contributed by atoms with E-state index in [2.05, 4.69) is 29.6 Å². The average Bonchev–Trinajstić information content (AvgIpc) is 2.98. The first kappa shape index (κ1) is 5.20. The Balaban J connectivity index is 2.37. The monoisotopic (exact) mass is 153 g/mol. The predicted molar refractivity (Wildman–Crippen MR) is 50.0 cm³/mol. The number of nitrogens with one attached hydrogen (secondary N) is 1. The molecule has 1 aliphatic carbocycles. The molecule has 0 atom stereocenters. The van der Waals surface area contributed by atoms with Gasteiger partial charge in [0.1, 0.15) is 0 Å². The highest BCUT2D eigenvalue weighted by molar-refractivity contribution is 6.16. The minimum absolute atomic E-state index is 1.21. The SMILES string of the molecule is c1ccc2c3c(c4c(c2c1)C4)N3. The highest BCUT2D eigenvalue weighted by atomic mass is 15.0. The smallest absolute Gasteiger partial charge is 0.0707 e. The molecule has 2 aliphatic rings. The molecule has 1 nitrogen and oxygen atoms in total. The molecule has 2 aromatic carbocycles. The van der Waals surface area contributed by atoms with Crippen molar-refractivity contribution in [3.8, 4) is 0 Å². The molecule has 0 spiro atoms. The van der Waals surface area contributed by atoms with Gasteiger partial charge in [0.05, 0.1) is 11.4 Å². The van der Waals surface area contributed by atoms with Gasteiger partial charge in [-0.25, -0.2) is 0 Å². The number of hydrogen-bond donors (Lipinski definition) is 1. The second-order valence-electron chi connectivity index (χ2n) is 3.55. The second kappa shape index (κ2) is 1.36. The minimum Gasteiger partial charge on any atom is -0.351 e. The molecule has 2 aromatic rings. The van der Waals surface area contributed by atoms with Crippen LogP contribution < -0.4 is 5.32 Å². The standard InChI is InChI=1S/C11H7N/c1-2-4-7-6(3-1)8-5-9(8)11-10(7)12-11/h1-4,12H,5H2. The Labute approximate surface area is 70.0 Å². The fourth-order valence-electron chi connectivity index (χ4n) is 2.12. The van der Waals surface area contributed by atoms with Crippen LogP contribution in [0.15, 0.2) is 24.3 Å². The highest BCUT2D eigenvalue weighted by Crippen LogP contribution is 2.56. The third-order valence-corrected chi connectivity index (χ3v) is 2.85. The quantitative estimate of drug-likeness (QED) is 0.385. The third kappa shape index (κ3) is 0.426. The summed E-state index contributed by atoms with van der Waals surface area (Å²) >= 11 is 0. The molecule has 4 rings (SSSR count). The maximum absolute atomic E-state index is 3.35. The molecule has 0 bridgehead atoms. The summed E-state index contributed by atoms with van der Waals surface area (Å²) in [5.74, 6) is 0. The topological polar surface area (TPSA) is 21.9 Å². The van der Waals surface area contributed by atoms with Gasteiger partial charge in [0.15, 0.2) is 0 Å². The molecule has 0 fully saturated rings. The van der Waals surface area contributed by atoms with Gasteiger partial charge in [-0.3, -0.25) is 0 Å². The lowest BCUT2D eigenvalue weighted by Crippen LogP contribution is -1.66. The fraction of sp³-hybridized carbons (Fsp3) is 0.0909. The number of fused-ring (bicyclic) bond motifs is 6. The lowest BCUT2D eigenvalue weighted by Gasteiger charge is -1.91. The molecule has 1 heteroatoms. The van der Waals surface area contributed by atoms with Gasteiger partial charge < -0.3 is 5.32 Å². The van der Waals surface area contributed by atoms with E-state index in [0.29, 0.717) is 0 Å². The Morgan fingerprint density at radius 2 is 1.75 bits per heavy atom. The number of anilines is 2. The van der Waals surface area contributed by atoms with Crippen LogP contribution in [0, 0.1) is 0 Å². The first-order chi connectivity index (χ1) is 5.95. The van der Waals surface area contributed by atoms with Gasteiger partial charge in [-0.05, 0) is 16.5 Å². The molecular formula is C11H7N. The summed E-state index contributed by atoms with van der Waals surface area (Å²) in [6, 6.07) is 8.65. The van der Waals surface area contributed by atoms with Crippen LogP contribution in [0.2, 0.25) is 0 Å². The molecule has 0 saturated heterocycles. The van der Waals surface area contributed by atoms with Gasteiger partial charge in [0.2, 0.25) is 0 Å². The summed E-state index contributed by atoms with van der Waals surface area (Å²) < 4.78 is 0. The average molecular weight is 153 g/mol. The van der Waals surface area contributed by atoms with Gasteiger partial charge >= 0.3 is 0 Å². The molecule has 1 N–H and O–H groups in total. The maximum Gasteiger partial charge on any atom is 0.0707 e. The fourth-order valence-corrected chi connectivity index (χ4v) is 2.12. The Bertz CT molecular complexity index is 478. The Hall–Kier alpha value is -1.50. The molecule has 56 valence electrons. The minimum atomic E-state index is 1.21. The molecule has 12 heavy (non-hydrogen) atoms. The zero-order chi connectivity index (χ0) is 7.71. The zero-order valence-electron chi connectivity index (χ0n) is 6.52. The molecule has 0 amide bonds. The lowest BCUT2D eigenvalue weighted by atomic mass is 10.1. The number of benzene rings is 2. The molecular weight excluding hydrogens is 146 g/mol. The molecule has 0 radical (unpaired) electrons. The maximum atomic E-state index is 3.35. The van der Waals surface area contributed by atoms with Crippen molar-refractivity contribution in [3.05, 3.63) is 35.4 Å². The van der Waals surface area contributed by atoms with Crippen molar-refractivity contribution in [1.82, 2.24) is 0 Å². The van der Waals surface area contributed by atoms with E-state index in [9.17, 15) is 0 Å². The third-order valence-electron chi connectivity index (χ3n) is 2.85. The van der Waals surface area contributed by atoms with Crippen LogP contribution in [0.1, 0.15) is 11.1 Å². The van der Waals surface area contributed by atoms with Crippen molar-refractivity contribution >= 4 is 22.1 Å². The van der Waals surface area contributed by atoms with E-state index in [4.69, 9.17) is 0 Å². The first-order valence-corrected chi connectivity index (χ1v) is 4.28. The van der Waals surface area contributed by atoms with Crippen molar-refractivity contribution in [1.29, 1.82) is 0 Å². The van der Waals surface area contributed by atoms with E-state index in [-0.39, 0.29) is 0 Å². The Kier molecular flexibility index (Phi) is 0.587. The lowest BCUT2D eigenvalue weighted by molar-refractivity contribution is 1.62. The summed E-state index contributed by atoms with van der Waals surface area (Å²) in [5.41, 5.74) is 5.92. The van der Waals surface area contributed by atoms with Gasteiger partial charge in [0.25, 0.3) is 0 Å². The van der Waals surface area contributed by atoms with Crippen molar-refractivity contribution in [3.63, 3.8) is 0 Å². The molecule has 1 aliphatic heterocycles. The molecule has 0 saturated carbocycles. The summed E-state index contributed by atoms with van der Waals surface area (Å²) in [4.78, 5) is 0. The zero-order valence-corrected chi connectivity index (χ0v) is 6.52. The van der Waals surface area contributed by atoms with Crippen LogP contribution in [-0.2, 0) is 6.42 Å². The molecule has 0 unspecified atom stereocenters. The Morgan fingerprint density at radius 1 is 0.917 bits per heavy atom. The van der Waals surface area contributed by atoms with Gasteiger partial charge in [-0.1, -0.05) is 24.3 Å². The van der Waals surface area contributed by atoms with Crippen LogP contribution in [0.5, 0.6) is 0 Å². The summed E-state index contributed by atoms with van der Waals surface area (Å²) in [6.45, 7) is 0. The van der Waals surface area contributed by atoms with Gasteiger partial charge in [-0.15, -0.1) is 0 Å². The molecule has 1 heterocycles. The van der Waals surface area contributed by atoms with E-state index in [0.717, 1.165) is 0 Å². The van der Waals surface area contributed by atoms with Crippen LogP contribution in [0.25, 0.3) is 10.8 Å². The van der Waals surface area contributed by atoms with Crippen molar-refractivity contribution in [2.45, 2.75) is 6.42 Å². The number of hydrogen-bond acceptors (Lipinski definition) is 1. The van der Waals surface area contributed by atoms with Crippen LogP contribution in [0.3, 0.4) is 0 Å². The molecule has 0 aromatic heterocycles. The van der Waals surface area contributed by atoms with Crippen LogP contribution in [-0.4, -0.2) is 0 Å². The van der Waals surface area contributed by atoms with Crippen LogP contribution in [0.4, 0.5) is 11.4 Å². The number of rotatable bonds is 0. The summed E-state index contributed by atoms with van der Waals surface area (Å²) in [7, 11) is 0. The van der Waals surface area contributed by atoms with Gasteiger partial charge in [0, 0.05) is 11.8 Å². The predicted octanol–water partition coefficient (Wildman–Crippen LogP) is 2.80. The van der Waals surface area contributed by atoms with E-state index in [1.807, 2.05) is 0 Å². The van der Waals surface area contributed by atoms with Crippen molar-refractivity contribution < 1.29 is 0 Å². The summed E-state index contributed by atoms with van der Waals surface area (Å²) in [6.07, 6.45) is 1.21. The van der Waals surface area contributed by atoms with E-state index < -0.39 is 0 Å². The van der Waals surface area contributed by atoms with E-state index >= 15 is 0 Å². The van der Waals surface area contributed by atoms with E-state index in [1.54, 1.807) is 11.1 Å². The highest BCUT2D eigenvalue weighted by Gasteiger charge is 2.34. The summed E-state index contributed by atoms with van der Waals surface area (Å²) in [5, 5.41) is 6.21. The van der Waals surface area contributed by atoms with Crippen molar-refractivity contribution in [2.24, 2.45) is 0 Å². The largest absolute Gasteiger partial charge is 0.351 e.